The van der Waals surface area contributed by atoms with E-state index in [1.54, 1.807) is 14.0 Å². The molecule has 1 atom stereocenters. The van der Waals surface area contributed by atoms with Crippen molar-refractivity contribution in [3.8, 4) is 5.75 Å². The normalized spacial score (nSPS) is 13.7. The van der Waals surface area contributed by atoms with Gasteiger partial charge in [-0.1, -0.05) is 12.1 Å². The lowest BCUT2D eigenvalue weighted by Gasteiger charge is -2.21. The summed E-state index contributed by atoms with van der Waals surface area (Å²) in [6, 6.07) is 7.60. The minimum absolute atomic E-state index is 0.346. The van der Waals surface area contributed by atoms with Crippen molar-refractivity contribution in [3.63, 3.8) is 0 Å². The predicted molar refractivity (Wildman–Crippen MR) is 71.9 cm³/mol. The van der Waals surface area contributed by atoms with Crippen LogP contribution in [0.4, 0.5) is 0 Å². The Labute approximate surface area is 113 Å². The number of nitrogens with two attached hydrogens (primary N) is 1. The second kappa shape index (κ2) is 7.11. The molecule has 0 spiro atoms. The molecule has 19 heavy (non-hydrogen) atoms. The third kappa shape index (κ3) is 4.89. The van der Waals surface area contributed by atoms with Crippen LogP contribution < -0.4 is 10.5 Å². The van der Waals surface area contributed by atoms with Crippen molar-refractivity contribution >= 4 is 5.97 Å². The number of benzene rings is 1. The molecule has 0 aliphatic rings. The van der Waals surface area contributed by atoms with Crippen LogP contribution in [-0.4, -0.2) is 32.3 Å². The van der Waals surface area contributed by atoms with Crippen molar-refractivity contribution in [2.24, 2.45) is 5.73 Å². The first-order valence-electron chi connectivity index (χ1n) is 6.07. The van der Waals surface area contributed by atoms with Gasteiger partial charge < -0.3 is 19.9 Å². The van der Waals surface area contributed by atoms with Crippen molar-refractivity contribution < 1.29 is 19.0 Å². The summed E-state index contributed by atoms with van der Waals surface area (Å²) in [5.41, 5.74) is 5.84. The third-order valence-corrected chi connectivity index (χ3v) is 2.75. The van der Waals surface area contributed by atoms with E-state index in [1.165, 1.54) is 7.11 Å². The van der Waals surface area contributed by atoms with Crippen LogP contribution >= 0.6 is 0 Å². The molecule has 0 aliphatic carbocycles. The summed E-state index contributed by atoms with van der Waals surface area (Å²) in [6.07, 6.45) is 0.383. The number of ether oxygens (including phenoxy) is 3. The van der Waals surface area contributed by atoms with E-state index in [0.717, 1.165) is 11.3 Å². The summed E-state index contributed by atoms with van der Waals surface area (Å²) in [5.74, 6) is 0.291. The van der Waals surface area contributed by atoms with Crippen molar-refractivity contribution in [1.29, 1.82) is 0 Å². The number of esters is 1. The first-order valence-corrected chi connectivity index (χ1v) is 6.07. The maximum atomic E-state index is 11.4. The maximum absolute atomic E-state index is 11.4. The minimum atomic E-state index is -1.03. The average Bonchev–Trinajstić information content (AvgIpc) is 2.38. The fourth-order valence-electron chi connectivity index (χ4n) is 1.61. The number of rotatable bonds is 7. The molecule has 0 saturated heterocycles. The largest absolute Gasteiger partial charge is 0.493 e. The van der Waals surface area contributed by atoms with Crippen LogP contribution in [0.3, 0.4) is 0 Å². The Bertz CT molecular complexity index is 418. The number of methoxy groups -OCH3 is 2. The van der Waals surface area contributed by atoms with Gasteiger partial charge in [0.2, 0.25) is 0 Å². The molecule has 5 heteroatoms. The molecule has 0 fully saturated rings. The average molecular weight is 267 g/mol. The van der Waals surface area contributed by atoms with E-state index in [-0.39, 0.29) is 0 Å². The zero-order valence-electron chi connectivity index (χ0n) is 11.6. The van der Waals surface area contributed by atoms with Crippen molar-refractivity contribution in [2.75, 3.05) is 20.8 Å². The molecule has 5 nitrogen and oxygen atoms in total. The van der Waals surface area contributed by atoms with Gasteiger partial charge in [0.15, 0.2) is 0 Å². The summed E-state index contributed by atoms with van der Waals surface area (Å²) in [6.45, 7) is 2.51. The highest BCUT2D eigenvalue weighted by Gasteiger charge is 2.29. The highest BCUT2D eigenvalue weighted by Crippen LogP contribution is 2.16. The molecule has 0 saturated carbocycles. The predicted octanol–water partition coefficient (Wildman–Crippen LogP) is 1.49. The summed E-state index contributed by atoms with van der Waals surface area (Å²) in [4.78, 5) is 11.4. The van der Waals surface area contributed by atoms with Gasteiger partial charge in [0.05, 0.1) is 20.3 Å². The number of carbonyl (C=O) groups is 1. The van der Waals surface area contributed by atoms with Crippen LogP contribution in [-0.2, 0) is 20.9 Å². The molecule has 0 amide bonds. The van der Waals surface area contributed by atoms with E-state index >= 15 is 0 Å². The van der Waals surface area contributed by atoms with E-state index in [2.05, 4.69) is 4.74 Å². The molecular formula is C14H21NO4. The number of hydrogen-bond donors (Lipinski definition) is 1. The van der Waals surface area contributed by atoms with Crippen LogP contribution in [0.15, 0.2) is 24.3 Å². The van der Waals surface area contributed by atoms with Gasteiger partial charge in [-0.05, 0) is 24.6 Å². The smallest absolute Gasteiger partial charge is 0.325 e. The van der Waals surface area contributed by atoms with Gasteiger partial charge in [0, 0.05) is 13.5 Å². The lowest BCUT2D eigenvalue weighted by molar-refractivity contribution is -0.146. The molecule has 2 N–H and O–H groups in total. The highest BCUT2D eigenvalue weighted by molar-refractivity contribution is 5.79. The quantitative estimate of drug-likeness (QED) is 0.758. The van der Waals surface area contributed by atoms with Crippen molar-refractivity contribution in [2.45, 2.75) is 25.5 Å². The molecule has 0 bridgehead atoms. The molecule has 0 aliphatic heterocycles. The van der Waals surface area contributed by atoms with E-state index < -0.39 is 11.5 Å². The molecule has 1 aromatic rings. The highest BCUT2D eigenvalue weighted by atomic mass is 16.5. The summed E-state index contributed by atoms with van der Waals surface area (Å²) in [5, 5.41) is 0. The second-order valence-corrected chi connectivity index (χ2v) is 4.59. The van der Waals surface area contributed by atoms with E-state index in [9.17, 15) is 4.79 Å². The standard InChI is InChI=1S/C14H21NO4/c1-14(15,13(16)18-3)7-8-19-12-6-4-5-11(9-12)10-17-2/h4-6,9H,7-8,10,15H2,1-3H3. The second-order valence-electron chi connectivity index (χ2n) is 4.59. The molecule has 0 heterocycles. The Hall–Kier alpha value is -1.59. The zero-order chi connectivity index (χ0) is 14.3. The number of hydrogen-bond acceptors (Lipinski definition) is 5. The van der Waals surface area contributed by atoms with Crippen molar-refractivity contribution in [3.05, 3.63) is 29.8 Å². The fourth-order valence-corrected chi connectivity index (χ4v) is 1.61. The maximum Gasteiger partial charge on any atom is 0.325 e. The summed E-state index contributed by atoms with van der Waals surface area (Å²) >= 11 is 0. The van der Waals surface area contributed by atoms with Crippen LogP contribution in [0.25, 0.3) is 0 Å². The minimum Gasteiger partial charge on any atom is -0.493 e. The summed E-state index contributed by atoms with van der Waals surface area (Å²) < 4.78 is 15.3. The van der Waals surface area contributed by atoms with Gasteiger partial charge >= 0.3 is 5.97 Å². The van der Waals surface area contributed by atoms with E-state index in [0.29, 0.717) is 19.6 Å². The topological polar surface area (TPSA) is 70.8 Å². The van der Waals surface area contributed by atoms with Crippen molar-refractivity contribution in [1.82, 2.24) is 0 Å². The lowest BCUT2D eigenvalue weighted by atomic mass is 10.0. The van der Waals surface area contributed by atoms with Crippen LogP contribution in [0, 0.1) is 0 Å². The fraction of sp³-hybridized carbons (Fsp3) is 0.500. The van der Waals surface area contributed by atoms with Gasteiger partial charge in [-0.2, -0.15) is 0 Å². The zero-order valence-corrected chi connectivity index (χ0v) is 11.6. The Morgan fingerprint density at radius 3 is 2.74 bits per heavy atom. The summed E-state index contributed by atoms with van der Waals surface area (Å²) in [7, 11) is 2.96. The molecule has 1 rings (SSSR count). The molecule has 1 unspecified atom stereocenters. The molecule has 106 valence electrons. The molecule has 1 aromatic carbocycles. The SMILES string of the molecule is COCc1cccc(OCCC(C)(N)C(=O)OC)c1. The van der Waals surface area contributed by atoms with E-state index in [4.69, 9.17) is 15.2 Å². The molecule has 0 aromatic heterocycles. The van der Waals surface area contributed by atoms with Crippen LogP contribution in [0.5, 0.6) is 5.75 Å². The Morgan fingerprint density at radius 2 is 2.11 bits per heavy atom. The van der Waals surface area contributed by atoms with Crippen LogP contribution in [0.1, 0.15) is 18.9 Å². The lowest BCUT2D eigenvalue weighted by Crippen LogP contribution is -2.46. The van der Waals surface area contributed by atoms with Crippen LogP contribution in [0.2, 0.25) is 0 Å². The van der Waals surface area contributed by atoms with Gasteiger partial charge in [-0.3, -0.25) is 4.79 Å². The Balaban J connectivity index is 2.49. The third-order valence-electron chi connectivity index (χ3n) is 2.75. The van der Waals surface area contributed by atoms with Gasteiger partial charge in [0.25, 0.3) is 0 Å². The Morgan fingerprint density at radius 1 is 1.37 bits per heavy atom. The first kappa shape index (κ1) is 15.5. The number of carbonyl (C=O) groups excluding carboxylic acids is 1. The Kier molecular flexibility index (Phi) is 5.79. The molecular weight excluding hydrogens is 246 g/mol. The van der Waals surface area contributed by atoms with E-state index in [1.807, 2.05) is 24.3 Å². The van der Waals surface area contributed by atoms with Gasteiger partial charge in [-0.25, -0.2) is 0 Å². The first-order chi connectivity index (χ1) is 8.99. The molecule has 0 radical (unpaired) electrons. The van der Waals surface area contributed by atoms with Gasteiger partial charge in [-0.15, -0.1) is 0 Å². The van der Waals surface area contributed by atoms with Gasteiger partial charge in [0.1, 0.15) is 11.3 Å². The monoisotopic (exact) mass is 267 g/mol.